The molecule has 0 bridgehead atoms. The van der Waals surface area contributed by atoms with Gasteiger partial charge in [0.2, 0.25) is 5.91 Å². The zero-order valence-corrected chi connectivity index (χ0v) is 14.7. The Balaban J connectivity index is 1.80. The molecule has 0 aliphatic carbocycles. The Labute approximate surface area is 149 Å². The lowest BCUT2D eigenvalue weighted by atomic mass is 10.1. The number of hydrogen-bond donors (Lipinski definition) is 2. The molecule has 2 N–H and O–H groups in total. The van der Waals surface area contributed by atoms with E-state index in [1.807, 2.05) is 12.1 Å². The van der Waals surface area contributed by atoms with Gasteiger partial charge in [-0.05, 0) is 42.7 Å². The van der Waals surface area contributed by atoms with E-state index in [9.17, 15) is 9.59 Å². The number of carbonyl (C=O) groups is 2. The van der Waals surface area contributed by atoms with Crippen molar-refractivity contribution in [2.75, 3.05) is 13.7 Å². The van der Waals surface area contributed by atoms with Crippen LogP contribution in [0.2, 0.25) is 4.34 Å². The van der Waals surface area contributed by atoms with Gasteiger partial charge < -0.3 is 15.2 Å². The molecule has 1 amide bonds. The number of aryl methyl sites for hydroxylation is 1. The smallest absolute Gasteiger partial charge is 0.335 e. The molecule has 0 spiro atoms. The van der Waals surface area contributed by atoms with Gasteiger partial charge in [-0.3, -0.25) is 4.79 Å². The van der Waals surface area contributed by atoms with Crippen LogP contribution >= 0.6 is 22.9 Å². The highest BCUT2D eigenvalue weighted by Crippen LogP contribution is 2.22. The second-order valence-corrected chi connectivity index (χ2v) is 6.94. The molecule has 0 aliphatic rings. The van der Waals surface area contributed by atoms with Gasteiger partial charge in [-0.1, -0.05) is 17.7 Å². The predicted molar refractivity (Wildman–Crippen MR) is 94.3 cm³/mol. The van der Waals surface area contributed by atoms with Crippen LogP contribution in [0.5, 0.6) is 5.75 Å². The third-order valence-electron chi connectivity index (χ3n) is 3.48. The average Bonchev–Trinajstić information content (AvgIpc) is 2.98. The van der Waals surface area contributed by atoms with E-state index in [1.54, 1.807) is 6.07 Å². The average molecular weight is 368 g/mol. The quantitative estimate of drug-likeness (QED) is 0.749. The second kappa shape index (κ2) is 8.70. The molecule has 1 heterocycles. The van der Waals surface area contributed by atoms with Crippen LogP contribution in [0.3, 0.4) is 0 Å². The first-order valence-electron chi connectivity index (χ1n) is 7.40. The van der Waals surface area contributed by atoms with E-state index >= 15 is 0 Å². The number of rotatable bonds is 8. The van der Waals surface area contributed by atoms with Crippen LogP contribution < -0.4 is 10.1 Å². The van der Waals surface area contributed by atoms with E-state index in [0.717, 1.165) is 14.8 Å². The van der Waals surface area contributed by atoms with Gasteiger partial charge in [0.05, 0.1) is 17.0 Å². The van der Waals surface area contributed by atoms with Gasteiger partial charge in [-0.15, -0.1) is 11.3 Å². The SMILES string of the molecule is COc1cc(C(=O)O)ccc1CCNC(=O)CCc1ccc(Cl)s1. The summed E-state index contributed by atoms with van der Waals surface area (Å²) in [5.74, 6) is -0.514. The summed E-state index contributed by atoms with van der Waals surface area (Å²) in [7, 11) is 1.50. The highest BCUT2D eigenvalue weighted by Gasteiger charge is 2.10. The molecule has 2 aromatic rings. The molecule has 0 fully saturated rings. The largest absolute Gasteiger partial charge is 0.496 e. The molecular weight excluding hydrogens is 350 g/mol. The van der Waals surface area contributed by atoms with Crippen LogP contribution in [0.25, 0.3) is 0 Å². The Morgan fingerprint density at radius 3 is 2.67 bits per heavy atom. The number of methoxy groups -OCH3 is 1. The van der Waals surface area contributed by atoms with E-state index in [1.165, 1.54) is 30.6 Å². The minimum atomic E-state index is -0.998. The van der Waals surface area contributed by atoms with Crippen LogP contribution in [0.15, 0.2) is 30.3 Å². The summed E-state index contributed by atoms with van der Waals surface area (Å²) < 4.78 is 5.94. The molecule has 0 saturated carbocycles. The van der Waals surface area contributed by atoms with Crippen LogP contribution in [0.4, 0.5) is 0 Å². The molecule has 0 radical (unpaired) electrons. The Kier molecular flexibility index (Phi) is 6.63. The van der Waals surface area contributed by atoms with Gasteiger partial charge >= 0.3 is 5.97 Å². The first-order valence-corrected chi connectivity index (χ1v) is 8.60. The van der Waals surface area contributed by atoms with E-state index in [0.29, 0.717) is 31.6 Å². The molecular formula is C17H18ClNO4S. The fourth-order valence-corrected chi connectivity index (χ4v) is 3.32. The zero-order chi connectivity index (χ0) is 17.5. The number of carboxylic acid groups (broad SMARTS) is 1. The third-order valence-corrected chi connectivity index (χ3v) is 4.77. The molecule has 24 heavy (non-hydrogen) atoms. The number of benzene rings is 1. The summed E-state index contributed by atoms with van der Waals surface area (Å²) in [6.07, 6.45) is 1.64. The molecule has 5 nitrogen and oxygen atoms in total. The van der Waals surface area contributed by atoms with Crippen molar-refractivity contribution in [1.29, 1.82) is 0 Å². The van der Waals surface area contributed by atoms with Crippen molar-refractivity contribution in [3.63, 3.8) is 0 Å². The molecule has 0 atom stereocenters. The first-order chi connectivity index (χ1) is 11.5. The summed E-state index contributed by atoms with van der Waals surface area (Å²) in [5.41, 5.74) is 1.03. The standard InChI is InChI=1S/C17H18ClNO4S/c1-23-14-10-12(17(21)22)3-2-11(14)8-9-19-16(20)7-5-13-4-6-15(18)24-13/h2-4,6,10H,5,7-9H2,1H3,(H,19,20)(H,21,22). The summed E-state index contributed by atoms with van der Waals surface area (Å²) >= 11 is 7.34. The molecule has 0 saturated heterocycles. The molecule has 7 heteroatoms. The lowest BCUT2D eigenvalue weighted by Crippen LogP contribution is -2.25. The number of aromatic carboxylic acids is 1. The number of amides is 1. The summed E-state index contributed by atoms with van der Waals surface area (Å²) in [6, 6.07) is 8.48. The number of carboxylic acids is 1. The molecule has 2 rings (SSSR count). The van der Waals surface area contributed by atoms with Gasteiger partial charge in [0.1, 0.15) is 5.75 Å². The van der Waals surface area contributed by atoms with Crippen molar-refractivity contribution in [3.05, 3.63) is 50.7 Å². The maximum Gasteiger partial charge on any atom is 0.335 e. The Hall–Kier alpha value is -2.05. The Morgan fingerprint density at radius 1 is 1.25 bits per heavy atom. The van der Waals surface area contributed by atoms with E-state index in [-0.39, 0.29) is 11.5 Å². The van der Waals surface area contributed by atoms with Gasteiger partial charge in [0, 0.05) is 17.8 Å². The van der Waals surface area contributed by atoms with Crippen molar-refractivity contribution in [3.8, 4) is 5.75 Å². The number of nitrogens with one attached hydrogen (secondary N) is 1. The fourth-order valence-electron chi connectivity index (χ4n) is 2.23. The van der Waals surface area contributed by atoms with E-state index in [4.69, 9.17) is 21.4 Å². The minimum absolute atomic E-state index is 0.0272. The number of hydrogen-bond acceptors (Lipinski definition) is 4. The van der Waals surface area contributed by atoms with Crippen LogP contribution in [0, 0.1) is 0 Å². The molecule has 128 valence electrons. The Morgan fingerprint density at radius 2 is 2.04 bits per heavy atom. The monoisotopic (exact) mass is 367 g/mol. The van der Waals surface area contributed by atoms with E-state index in [2.05, 4.69) is 5.32 Å². The summed E-state index contributed by atoms with van der Waals surface area (Å²) in [6.45, 7) is 0.465. The number of carbonyl (C=O) groups excluding carboxylic acids is 1. The van der Waals surface area contributed by atoms with Gasteiger partial charge in [-0.25, -0.2) is 4.79 Å². The van der Waals surface area contributed by atoms with Crippen molar-refractivity contribution < 1.29 is 19.4 Å². The highest BCUT2D eigenvalue weighted by molar-refractivity contribution is 7.16. The highest BCUT2D eigenvalue weighted by atomic mass is 35.5. The van der Waals surface area contributed by atoms with Crippen molar-refractivity contribution in [2.45, 2.75) is 19.3 Å². The van der Waals surface area contributed by atoms with Crippen molar-refractivity contribution in [2.24, 2.45) is 0 Å². The van der Waals surface area contributed by atoms with Gasteiger partial charge in [0.15, 0.2) is 0 Å². The molecule has 0 aliphatic heterocycles. The lowest BCUT2D eigenvalue weighted by Gasteiger charge is -2.10. The summed E-state index contributed by atoms with van der Waals surface area (Å²) in [5, 5.41) is 11.8. The van der Waals surface area contributed by atoms with Crippen LogP contribution in [0.1, 0.15) is 27.2 Å². The van der Waals surface area contributed by atoms with E-state index < -0.39 is 5.97 Å². The maximum absolute atomic E-state index is 11.9. The maximum atomic E-state index is 11.9. The lowest BCUT2D eigenvalue weighted by molar-refractivity contribution is -0.121. The zero-order valence-electron chi connectivity index (χ0n) is 13.2. The normalized spacial score (nSPS) is 10.4. The fraction of sp³-hybridized carbons (Fsp3) is 0.294. The topological polar surface area (TPSA) is 75.6 Å². The van der Waals surface area contributed by atoms with Crippen LogP contribution in [-0.4, -0.2) is 30.6 Å². The van der Waals surface area contributed by atoms with Gasteiger partial charge in [-0.2, -0.15) is 0 Å². The number of halogens is 1. The van der Waals surface area contributed by atoms with Crippen LogP contribution in [-0.2, 0) is 17.6 Å². The third kappa shape index (κ3) is 5.25. The molecule has 1 aromatic carbocycles. The Bertz CT molecular complexity index is 729. The minimum Gasteiger partial charge on any atom is -0.496 e. The molecule has 0 unspecified atom stereocenters. The number of ether oxygens (including phenoxy) is 1. The molecule has 1 aromatic heterocycles. The first kappa shape index (κ1) is 18.3. The number of thiophene rings is 1. The van der Waals surface area contributed by atoms with Crippen molar-refractivity contribution in [1.82, 2.24) is 5.32 Å². The predicted octanol–water partition coefficient (Wildman–Crippen LogP) is 3.40. The second-order valence-electron chi connectivity index (χ2n) is 5.14. The van der Waals surface area contributed by atoms with Crippen molar-refractivity contribution >= 4 is 34.8 Å². The summed E-state index contributed by atoms with van der Waals surface area (Å²) in [4.78, 5) is 23.9. The van der Waals surface area contributed by atoms with Gasteiger partial charge in [0.25, 0.3) is 0 Å².